The minimum atomic E-state index is -0.268. The predicted octanol–water partition coefficient (Wildman–Crippen LogP) is 5.12. The largest absolute Gasteiger partial charge is 0.495 e. The van der Waals surface area contributed by atoms with Gasteiger partial charge in [-0.05, 0) is 60.2 Å². The van der Waals surface area contributed by atoms with Crippen LogP contribution in [-0.2, 0) is 4.79 Å². The van der Waals surface area contributed by atoms with E-state index in [9.17, 15) is 4.79 Å². The summed E-state index contributed by atoms with van der Waals surface area (Å²) in [5.74, 6) is 0.922. The highest BCUT2D eigenvalue weighted by molar-refractivity contribution is 6.30. The lowest BCUT2D eigenvalue weighted by Crippen LogP contribution is -2.20. The van der Waals surface area contributed by atoms with Crippen LogP contribution in [0.1, 0.15) is 5.56 Å². The van der Waals surface area contributed by atoms with Crippen molar-refractivity contribution >= 4 is 35.1 Å². The number of carbonyl (C=O) groups is 1. The predicted molar refractivity (Wildman–Crippen MR) is 112 cm³/mol. The molecular weight excluding hydrogens is 376 g/mol. The minimum absolute atomic E-state index is 0.103. The summed E-state index contributed by atoms with van der Waals surface area (Å²) in [6.07, 6.45) is 1.74. The highest BCUT2D eigenvalue weighted by atomic mass is 35.5. The van der Waals surface area contributed by atoms with Crippen LogP contribution in [0.25, 0.3) is 0 Å². The number of nitrogens with one attached hydrogen (secondary N) is 1. The van der Waals surface area contributed by atoms with Gasteiger partial charge in [0, 0.05) is 11.2 Å². The van der Waals surface area contributed by atoms with Gasteiger partial charge in [-0.15, -0.1) is 0 Å². The van der Waals surface area contributed by atoms with Gasteiger partial charge in [-0.25, -0.2) is 0 Å². The van der Waals surface area contributed by atoms with Crippen molar-refractivity contribution in [3.63, 3.8) is 0 Å². The summed E-state index contributed by atoms with van der Waals surface area (Å²) in [7, 11) is 1.55. The smallest absolute Gasteiger partial charge is 0.262 e. The molecule has 3 rings (SSSR count). The van der Waals surface area contributed by atoms with Gasteiger partial charge in [0.15, 0.2) is 6.61 Å². The second kappa shape index (κ2) is 9.58. The number of hydrogen-bond acceptors (Lipinski definition) is 4. The van der Waals surface area contributed by atoms with Crippen LogP contribution in [0.4, 0.5) is 11.4 Å². The van der Waals surface area contributed by atoms with Gasteiger partial charge < -0.3 is 14.8 Å². The Morgan fingerprint density at radius 3 is 2.61 bits per heavy atom. The molecule has 142 valence electrons. The Kier molecular flexibility index (Phi) is 6.65. The molecule has 0 heterocycles. The standard InChI is InChI=1S/C22H19ClN2O3/c1-27-21-8-3-2-7-20(21)25-22(26)15-28-19-11-9-16(10-12-19)14-24-18-6-4-5-17(23)13-18/h2-14H,15H2,1H3,(H,25,26). The Labute approximate surface area is 168 Å². The molecule has 1 N–H and O–H groups in total. The topological polar surface area (TPSA) is 59.9 Å². The van der Waals surface area contributed by atoms with Crippen LogP contribution in [-0.4, -0.2) is 25.8 Å². The number of para-hydroxylation sites is 2. The van der Waals surface area contributed by atoms with Crippen LogP contribution >= 0.6 is 11.6 Å². The average molecular weight is 395 g/mol. The summed E-state index contributed by atoms with van der Waals surface area (Å²) in [4.78, 5) is 16.5. The van der Waals surface area contributed by atoms with E-state index >= 15 is 0 Å². The fourth-order valence-electron chi connectivity index (χ4n) is 2.44. The molecule has 0 aliphatic heterocycles. The van der Waals surface area contributed by atoms with Gasteiger partial charge in [-0.2, -0.15) is 0 Å². The fraction of sp³-hybridized carbons (Fsp3) is 0.0909. The molecule has 6 heteroatoms. The van der Waals surface area contributed by atoms with Crippen LogP contribution < -0.4 is 14.8 Å². The summed E-state index contributed by atoms with van der Waals surface area (Å²) in [6, 6.07) is 21.8. The Bertz CT molecular complexity index is 972. The highest BCUT2D eigenvalue weighted by Crippen LogP contribution is 2.23. The second-order valence-corrected chi connectivity index (χ2v) is 6.28. The minimum Gasteiger partial charge on any atom is -0.495 e. The van der Waals surface area contributed by atoms with Crippen molar-refractivity contribution in [2.75, 3.05) is 19.0 Å². The first-order valence-corrected chi connectivity index (χ1v) is 8.97. The number of carbonyl (C=O) groups excluding carboxylic acids is 1. The zero-order chi connectivity index (χ0) is 19.8. The molecule has 0 atom stereocenters. The Balaban J connectivity index is 1.53. The maximum Gasteiger partial charge on any atom is 0.262 e. The molecule has 0 spiro atoms. The number of ether oxygens (including phenoxy) is 2. The molecule has 0 saturated carbocycles. The zero-order valence-corrected chi connectivity index (χ0v) is 16.0. The van der Waals surface area contributed by atoms with Gasteiger partial charge in [-0.3, -0.25) is 9.79 Å². The number of rotatable bonds is 7. The van der Waals surface area contributed by atoms with E-state index in [0.29, 0.717) is 22.2 Å². The lowest BCUT2D eigenvalue weighted by molar-refractivity contribution is -0.118. The number of hydrogen-bond donors (Lipinski definition) is 1. The van der Waals surface area contributed by atoms with Gasteiger partial charge in [0.1, 0.15) is 11.5 Å². The van der Waals surface area contributed by atoms with Gasteiger partial charge in [-0.1, -0.05) is 29.8 Å². The molecule has 0 aromatic heterocycles. The van der Waals surface area contributed by atoms with Gasteiger partial charge >= 0.3 is 0 Å². The third-order valence-electron chi connectivity index (χ3n) is 3.80. The molecular formula is C22H19ClN2O3. The Hall–Kier alpha value is -3.31. The molecule has 3 aromatic carbocycles. The third-order valence-corrected chi connectivity index (χ3v) is 4.04. The quantitative estimate of drug-likeness (QED) is 0.566. The molecule has 28 heavy (non-hydrogen) atoms. The third kappa shape index (κ3) is 5.59. The first-order valence-electron chi connectivity index (χ1n) is 8.59. The monoisotopic (exact) mass is 394 g/mol. The molecule has 0 aliphatic carbocycles. The lowest BCUT2D eigenvalue weighted by Gasteiger charge is -2.10. The zero-order valence-electron chi connectivity index (χ0n) is 15.3. The molecule has 0 bridgehead atoms. The lowest BCUT2D eigenvalue weighted by atomic mass is 10.2. The van der Waals surface area contributed by atoms with E-state index in [-0.39, 0.29) is 12.5 Å². The SMILES string of the molecule is COc1ccccc1NC(=O)COc1ccc(C=Nc2cccc(Cl)c2)cc1. The van der Waals surface area contributed by atoms with E-state index in [1.165, 1.54) is 0 Å². The van der Waals surface area contributed by atoms with E-state index in [2.05, 4.69) is 10.3 Å². The van der Waals surface area contributed by atoms with Crippen molar-refractivity contribution in [2.24, 2.45) is 4.99 Å². The number of benzene rings is 3. The normalized spacial score (nSPS) is 10.6. The van der Waals surface area contributed by atoms with E-state index in [0.717, 1.165) is 11.3 Å². The molecule has 5 nitrogen and oxygen atoms in total. The van der Waals surface area contributed by atoms with Crippen molar-refractivity contribution in [3.8, 4) is 11.5 Å². The number of anilines is 1. The maximum absolute atomic E-state index is 12.1. The highest BCUT2D eigenvalue weighted by Gasteiger charge is 2.07. The summed E-state index contributed by atoms with van der Waals surface area (Å²) < 4.78 is 10.7. The first-order chi connectivity index (χ1) is 13.6. The Morgan fingerprint density at radius 2 is 1.86 bits per heavy atom. The van der Waals surface area contributed by atoms with Crippen molar-refractivity contribution in [1.82, 2.24) is 0 Å². The molecule has 3 aromatic rings. The van der Waals surface area contributed by atoms with Crippen molar-refractivity contribution < 1.29 is 14.3 Å². The van der Waals surface area contributed by atoms with Crippen LogP contribution in [0.15, 0.2) is 77.8 Å². The number of methoxy groups -OCH3 is 1. The maximum atomic E-state index is 12.1. The summed E-state index contributed by atoms with van der Waals surface area (Å²) in [5, 5.41) is 3.41. The van der Waals surface area contributed by atoms with Crippen LogP contribution in [0.3, 0.4) is 0 Å². The molecule has 0 radical (unpaired) electrons. The van der Waals surface area contributed by atoms with Gasteiger partial charge in [0.05, 0.1) is 18.5 Å². The number of halogens is 1. The van der Waals surface area contributed by atoms with Crippen molar-refractivity contribution in [1.29, 1.82) is 0 Å². The summed E-state index contributed by atoms with van der Waals surface area (Å²) in [6.45, 7) is -0.103. The first kappa shape index (κ1) is 19.5. The van der Waals surface area contributed by atoms with Crippen LogP contribution in [0.2, 0.25) is 5.02 Å². The van der Waals surface area contributed by atoms with Crippen molar-refractivity contribution in [3.05, 3.63) is 83.4 Å². The fourth-order valence-corrected chi connectivity index (χ4v) is 2.62. The molecule has 0 unspecified atom stereocenters. The molecule has 0 aliphatic rings. The molecule has 0 fully saturated rings. The number of aliphatic imine (C=N–C) groups is 1. The van der Waals surface area contributed by atoms with Crippen LogP contribution in [0.5, 0.6) is 11.5 Å². The molecule has 1 amide bonds. The van der Waals surface area contributed by atoms with E-state index in [1.807, 2.05) is 36.4 Å². The second-order valence-electron chi connectivity index (χ2n) is 5.84. The molecule has 0 saturated heterocycles. The van der Waals surface area contributed by atoms with E-state index < -0.39 is 0 Å². The number of nitrogens with zero attached hydrogens (tertiary/aromatic N) is 1. The van der Waals surface area contributed by atoms with Crippen molar-refractivity contribution in [2.45, 2.75) is 0 Å². The Morgan fingerprint density at radius 1 is 1.07 bits per heavy atom. The van der Waals surface area contributed by atoms with E-state index in [1.54, 1.807) is 49.7 Å². The van der Waals surface area contributed by atoms with Gasteiger partial charge in [0.25, 0.3) is 5.91 Å². The van der Waals surface area contributed by atoms with E-state index in [4.69, 9.17) is 21.1 Å². The summed E-state index contributed by atoms with van der Waals surface area (Å²) in [5.41, 5.74) is 2.29. The van der Waals surface area contributed by atoms with Gasteiger partial charge in [0.2, 0.25) is 0 Å². The van der Waals surface area contributed by atoms with Crippen LogP contribution in [0, 0.1) is 0 Å². The average Bonchev–Trinajstić information content (AvgIpc) is 2.72. The number of amides is 1. The summed E-state index contributed by atoms with van der Waals surface area (Å²) >= 11 is 5.95.